The van der Waals surface area contributed by atoms with Gasteiger partial charge in [-0.05, 0) is 19.1 Å². The molecule has 0 aliphatic rings. The number of alkyl halides is 3. The van der Waals surface area contributed by atoms with Crippen LogP contribution in [0.3, 0.4) is 0 Å². The van der Waals surface area contributed by atoms with Crippen LogP contribution in [-0.2, 0) is 21.0 Å². The quantitative estimate of drug-likeness (QED) is 0.743. The fourth-order valence-corrected chi connectivity index (χ4v) is 3.01. The van der Waals surface area contributed by atoms with Crippen molar-refractivity contribution in [1.29, 1.82) is 0 Å². The standard InChI is InChI=1S/C11H12F3NO5S/c1-6(16)9(10(17)18)15-21(19,20)8-5-3-2-4-7(8)11(12,13)14/h2-6,9,15-16H,1H3,(H,17,18). The summed E-state index contributed by atoms with van der Waals surface area (Å²) in [4.78, 5) is 9.72. The number of halogens is 3. The maximum Gasteiger partial charge on any atom is 0.417 e. The van der Waals surface area contributed by atoms with Crippen molar-refractivity contribution in [3.05, 3.63) is 29.8 Å². The van der Waals surface area contributed by atoms with E-state index in [9.17, 15) is 31.5 Å². The lowest BCUT2D eigenvalue weighted by atomic mass is 10.2. The van der Waals surface area contributed by atoms with Crippen molar-refractivity contribution in [2.45, 2.75) is 30.1 Å². The van der Waals surface area contributed by atoms with Gasteiger partial charge >= 0.3 is 12.1 Å². The number of carboxylic acid groups (broad SMARTS) is 1. The van der Waals surface area contributed by atoms with Gasteiger partial charge in [0, 0.05) is 0 Å². The van der Waals surface area contributed by atoms with Gasteiger partial charge in [0.2, 0.25) is 10.0 Å². The van der Waals surface area contributed by atoms with Crippen molar-refractivity contribution in [1.82, 2.24) is 4.72 Å². The first-order valence-electron chi connectivity index (χ1n) is 5.56. The van der Waals surface area contributed by atoms with E-state index in [1.165, 1.54) is 0 Å². The van der Waals surface area contributed by atoms with Gasteiger partial charge in [-0.3, -0.25) is 4.79 Å². The lowest BCUT2D eigenvalue weighted by Crippen LogP contribution is -2.47. The van der Waals surface area contributed by atoms with Gasteiger partial charge in [-0.2, -0.15) is 17.9 Å². The van der Waals surface area contributed by atoms with Crippen LogP contribution in [-0.4, -0.2) is 36.7 Å². The summed E-state index contributed by atoms with van der Waals surface area (Å²) in [6, 6.07) is 1.38. The number of carbonyl (C=O) groups is 1. The van der Waals surface area contributed by atoms with E-state index in [4.69, 9.17) is 5.11 Å². The highest BCUT2D eigenvalue weighted by atomic mass is 32.2. The Bertz CT molecular complexity index is 627. The Morgan fingerprint density at radius 2 is 1.81 bits per heavy atom. The molecule has 3 N–H and O–H groups in total. The van der Waals surface area contributed by atoms with Crippen LogP contribution >= 0.6 is 0 Å². The van der Waals surface area contributed by atoms with Gasteiger partial charge < -0.3 is 10.2 Å². The Hall–Kier alpha value is -1.65. The van der Waals surface area contributed by atoms with Crippen molar-refractivity contribution in [3.63, 3.8) is 0 Å². The van der Waals surface area contributed by atoms with Crippen LogP contribution in [0.15, 0.2) is 29.2 Å². The predicted molar refractivity (Wildman–Crippen MR) is 64.9 cm³/mol. The van der Waals surface area contributed by atoms with Gasteiger partial charge in [0.15, 0.2) is 0 Å². The molecule has 0 fully saturated rings. The molecule has 0 bridgehead atoms. The Balaban J connectivity index is 3.30. The average molecular weight is 327 g/mol. The third-order valence-electron chi connectivity index (χ3n) is 2.51. The highest BCUT2D eigenvalue weighted by Crippen LogP contribution is 2.33. The molecule has 118 valence electrons. The van der Waals surface area contributed by atoms with E-state index in [-0.39, 0.29) is 0 Å². The van der Waals surface area contributed by atoms with E-state index in [1.54, 1.807) is 4.72 Å². The molecule has 6 nitrogen and oxygen atoms in total. The maximum absolute atomic E-state index is 12.8. The first-order chi connectivity index (χ1) is 9.47. The molecule has 0 saturated carbocycles. The van der Waals surface area contributed by atoms with E-state index in [0.717, 1.165) is 19.1 Å². The SMILES string of the molecule is CC(O)C(NS(=O)(=O)c1ccccc1C(F)(F)F)C(=O)O. The van der Waals surface area contributed by atoms with Crippen molar-refractivity contribution in [3.8, 4) is 0 Å². The molecule has 21 heavy (non-hydrogen) atoms. The third-order valence-corrected chi connectivity index (χ3v) is 4.01. The molecular formula is C11H12F3NO5S. The minimum Gasteiger partial charge on any atom is -0.480 e. The van der Waals surface area contributed by atoms with Crippen LogP contribution in [0, 0.1) is 0 Å². The van der Waals surface area contributed by atoms with Crippen LogP contribution in [0.25, 0.3) is 0 Å². The summed E-state index contributed by atoms with van der Waals surface area (Å²) in [7, 11) is -4.77. The molecule has 0 spiro atoms. The number of nitrogens with one attached hydrogen (secondary N) is 1. The molecule has 1 aromatic rings. The number of aliphatic hydroxyl groups is 1. The zero-order valence-electron chi connectivity index (χ0n) is 10.6. The minimum absolute atomic E-state index is 0.562. The second-order valence-electron chi connectivity index (χ2n) is 4.17. The smallest absolute Gasteiger partial charge is 0.417 e. The van der Waals surface area contributed by atoms with Gasteiger partial charge in [0.25, 0.3) is 0 Å². The normalized spacial score (nSPS) is 15.5. The molecular weight excluding hydrogens is 315 g/mol. The summed E-state index contributed by atoms with van der Waals surface area (Å²) in [5.74, 6) is -1.71. The Morgan fingerprint density at radius 1 is 1.29 bits per heavy atom. The summed E-state index contributed by atoms with van der Waals surface area (Å²) >= 11 is 0. The summed E-state index contributed by atoms with van der Waals surface area (Å²) < 4.78 is 63.7. The number of sulfonamides is 1. The van der Waals surface area contributed by atoms with Crippen molar-refractivity contribution >= 4 is 16.0 Å². The predicted octanol–water partition coefficient (Wildman–Crippen LogP) is 0.818. The molecule has 0 radical (unpaired) electrons. The lowest BCUT2D eigenvalue weighted by Gasteiger charge is -2.19. The van der Waals surface area contributed by atoms with Crippen LogP contribution in [0.2, 0.25) is 0 Å². The molecule has 2 atom stereocenters. The average Bonchev–Trinajstić information content (AvgIpc) is 2.34. The zero-order valence-corrected chi connectivity index (χ0v) is 11.4. The van der Waals surface area contributed by atoms with Gasteiger partial charge in [-0.1, -0.05) is 12.1 Å². The van der Waals surface area contributed by atoms with Gasteiger partial charge in [-0.25, -0.2) is 8.42 Å². The third kappa shape index (κ3) is 4.16. The largest absolute Gasteiger partial charge is 0.480 e. The molecule has 0 aliphatic heterocycles. The zero-order chi connectivity index (χ0) is 16.4. The number of hydrogen-bond donors (Lipinski definition) is 3. The summed E-state index contributed by atoms with van der Waals surface area (Å²) in [6.07, 6.45) is -6.55. The number of aliphatic carboxylic acids is 1. The Morgan fingerprint density at radius 3 is 2.24 bits per heavy atom. The van der Waals surface area contributed by atoms with E-state index in [2.05, 4.69) is 0 Å². The van der Waals surface area contributed by atoms with E-state index < -0.39 is 44.8 Å². The molecule has 0 saturated heterocycles. The van der Waals surface area contributed by atoms with Crippen LogP contribution in [0.1, 0.15) is 12.5 Å². The molecule has 2 unspecified atom stereocenters. The second kappa shape index (κ2) is 6.00. The summed E-state index contributed by atoms with van der Waals surface area (Å²) in [5, 5.41) is 18.0. The molecule has 1 aromatic carbocycles. The Kier molecular flexibility index (Phi) is 4.97. The molecule has 0 amide bonds. The highest BCUT2D eigenvalue weighted by molar-refractivity contribution is 7.89. The molecule has 0 aliphatic carbocycles. The van der Waals surface area contributed by atoms with Crippen LogP contribution in [0.4, 0.5) is 13.2 Å². The van der Waals surface area contributed by atoms with E-state index >= 15 is 0 Å². The summed E-state index contributed by atoms with van der Waals surface area (Å²) in [6.45, 7) is 0.997. The van der Waals surface area contributed by atoms with Gasteiger partial charge in [0.05, 0.1) is 16.6 Å². The monoisotopic (exact) mass is 327 g/mol. The van der Waals surface area contributed by atoms with Crippen molar-refractivity contribution < 1.29 is 36.6 Å². The lowest BCUT2D eigenvalue weighted by molar-refractivity contribution is -0.141. The molecule has 10 heteroatoms. The molecule has 0 aromatic heterocycles. The second-order valence-corrected chi connectivity index (χ2v) is 5.85. The fourth-order valence-electron chi connectivity index (χ4n) is 1.52. The Labute approximate surface area is 118 Å². The molecule has 1 rings (SSSR count). The maximum atomic E-state index is 12.8. The minimum atomic E-state index is -4.92. The number of benzene rings is 1. The van der Waals surface area contributed by atoms with Gasteiger partial charge in [-0.15, -0.1) is 0 Å². The van der Waals surface area contributed by atoms with Gasteiger partial charge in [0.1, 0.15) is 6.04 Å². The first kappa shape index (κ1) is 17.4. The van der Waals surface area contributed by atoms with Crippen molar-refractivity contribution in [2.75, 3.05) is 0 Å². The van der Waals surface area contributed by atoms with Crippen LogP contribution in [0.5, 0.6) is 0 Å². The van der Waals surface area contributed by atoms with E-state index in [0.29, 0.717) is 12.1 Å². The molecule has 0 heterocycles. The van der Waals surface area contributed by atoms with Crippen molar-refractivity contribution in [2.24, 2.45) is 0 Å². The highest BCUT2D eigenvalue weighted by Gasteiger charge is 2.38. The number of carboxylic acids is 1. The first-order valence-corrected chi connectivity index (χ1v) is 7.04. The number of rotatable bonds is 5. The summed E-state index contributed by atoms with van der Waals surface area (Å²) in [5.41, 5.74) is -1.42. The fraction of sp³-hybridized carbons (Fsp3) is 0.364. The van der Waals surface area contributed by atoms with Crippen LogP contribution < -0.4 is 4.72 Å². The topological polar surface area (TPSA) is 104 Å². The van der Waals surface area contributed by atoms with E-state index in [1.807, 2.05) is 0 Å². The number of hydrogen-bond acceptors (Lipinski definition) is 4. The number of aliphatic hydroxyl groups excluding tert-OH is 1.